The van der Waals surface area contributed by atoms with Crippen LogP contribution in [0.1, 0.15) is 12.8 Å². The van der Waals surface area contributed by atoms with Crippen molar-refractivity contribution in [3.05, 3.63) is 11.6 Å². The molecule has 0 aromatic rings. The maximum Gasteiger partial charge on any atom is 0.0558 e. The zero-order valence-corrected chi connectivity index (χ0v) is 9.26. The second-order valence-electron chi connectivity index (χ2n) is 3.77. The first-order valence-electron chi connectivity index (χ1n) is 5.12. The van der Waals surface area contributed by atoms with E-state index in [0.717, 1.165) is 13.1 Å². The number of hydrogen-bond acceptors (Lipinski definition) is 3. The molecule has 0 spiro atoms. The zero-order valence-electron chi connectivity index (χ0n) is 8.51. The number of nitrogens with one attached hydrogen (secondary N) is 1. The van der Waals surface area contributed by atoms with Crippen molar-refractivity contribution in [3.8, 4) is 0 Å². The standard InChI is InChI=1S/C10H19ClN2O/c1-9(11)7-13(5-6-14)8-10-3-2-4-12-10/h10,12,14H,1-8H2. The topological polar surface area (TPSA) is 35.5 Å². The molecule has 2 N–H and O–H groups in total. The first kappa shape index (κ1) is 12.0. The maximum absolute atomic E-state index is 8.89. The lowest BCUT2D eigenvalue weighted by Crippen LogP contribution is -2.39. The molecule has 1 aliphatic rings. The van der Waals surface area contributed by atoms with Gasteiger partial charge in [-0.1, -0.05) is 18.2 Å². The van der Waals surface area contributed by atoms with Crippen molar-refractivity contribution >= 4 is 11.6 Å². The van der Waals surface area contributed by atoms with Gasteiger partial charge < -0.3 is 10.4 Å². The van der Waals surface area contributed by atoms with E-state index < -0.39 is 0 Å². The number of nitrogens with zero attached hydrogens (tertiary/aromatic N) is 1. The van der Waals surface area contributed by atoms with Gasteiger partial charge in [-0.25, -0.2) is 0 Å². The molecule has 1 aliphatic heterocycles. The average Bonchev–Trinajstić information content (AvgIpc) is 2.56. The molecule has 1 unspecified atom stereocenters. The lowest BCUT2D eigenvalue weighted by atomic mass is 10.2. The summed E-state index contributed by atoms with van der Waals surface area (Å²) in [7, 11) is 0. The van der Waals surface area contributed by atoms with Crippen LogP contribution in [-0.4, -0.2) is 48.8 Å². The van der Waals surface area contributed by atoms with Crippen LogP contribution in [0.25, 0.3) is 0 Å². The molecule has 1 heterocycles. The first-order chi connectivity index (χ1) is 6.72. The summed E-state index contributed by atoms with van der Waals surface area (Å²) in [5.74, 6) is 0. The highest BCUT2D eigenvalue weighted by atomic mass is 35.5. The lowest BCUT2D eigenvalue weighted by molar-refractivity contribution is 0.197. The Kier molecular flexibility index (Phi) is 5.48. The predicted octanol–water partition coefficient (Wildman–Crippen LogP) is 0.785. The summed E-state index contributed by atoms with van der Waals surface area (Å²) in [6.07, 6.45) is 2.47. The minimum Gasteiger partial charge on any atom is -0.395 e. The van der Waals surface area contributed by atoms with Gasteiger partial charge in [0.05, 0.1) is 6.61 Å². The summed E-state index contributed by atoms with van der Waals surface area (Å²) in [4.78, 5) is 2.14. The van der Waals surface area contributed by atoms with Crippen molar-refractivity contribution in [1.29, 1.82) is 0 Å². The van der Waals surface area contributed by atoms with E-state index in [1.165, 1.54) is 12.8 Å². The Hall–Kier alpha value is -0.0900. The van der Waals surface area contributed by atoms with E-state index in [0.29, 0.717) is 24.2 Å². The second kappa shape index (κ2) is 6.40. The van der Waals surface area contributed by atoms with Crippen molar-refractivity contribution in [1.82, 2.24) is 10.2 Å². The molecule has 0 saturated carbocycles. The Morgan fingerprint density at radius 3 is 2.93 bits per heavy atom. The molecule has 0 aliphatic carbocycles. The number of hydrogen-bond donors (Lipinski definition) is 2. The molecule has 0 aromatic carbocycles. The van der Waals surface area contributed by atoms with Gasteiger partial charge in [-0.05, 0) is 19.4 Å². The Bertz CT molecular complexity index is 181. The van der Waals surface area contributed by atoms with Gasteiger partial charge in [0.25, 0.3) is 0 Å². The molecule has 0 bridgehead atoms. The summed E-state index contributed by atoms with van der Waals surface area (Å²) >= 11 is 5.76. The highest BCUT2D eigenvalue weighted by Gasteiger charge is 2.17. The van der Waals surface area contributed by atoms with E-state index in [1.807, 2.05) is 0 Å². The number of rotatable bonds is 6. The van der Waals surface area contributed by atoms with Gasteiger partial charge in [-0.3, -0.25) is 4.90 Å². The molecule has 4 heteroatoms. The van der Waals surface area contributed by atoms with Crippen molar-refractivity contribution in [2.75, 3.05) is 32.8 Å². The highest BCUT2D eigenvalue weighted by Crippen LogP contribution is 2.08. The second-order valence-corrected chi connectivity index (χ2v) is 4.30. The van der Waals surface area contributed by atoms with E-state index in [9.17, 15) is 0 Å². The molecule has 82 valence electrons. The summed E-state index contributed by atoms with van der Waals surface area (Å²) in [6.45, 7) is 7.25. The largest absolute Gasteiger partial charge is 0.395 e. The molecule has 0 aromatic heterocycles. The molecule has 1 saturated heterocycles. The van der Waals surface area contributed by atoms with E-state index in [1.54, 1.807) is 0 Å². The fourth-order valence-corrected chi connectivity index (χ4v) is 2.01. The van der Waals surface area contributed by atoms with Gasteiger partial charge in [-0.15, -0.1) is 0 Å². The third-order valence-electron chi connectivity index (χ3n) is 2.45. The van der Waals surface area contributed by atoms with Crippen molar-refractivity contribution < 1.29 is 5.11 Å². The van der Waals surface area contributed by atoms with Crippen LogP contribution >= 0.6 is 11.6 Å². The van der Waals surface area contributed by atoms with Crippen LogP contribution in [0.3, 0.4) is 0 Å². The van der Waals surface area contributed by atoms with Crippen LogP contribution < -0.4 is 5.32 Å². The van der Waals surface area contributed by atoms with Gasteiger partial charge in [-0.2, -0.15) is 0 Å². The zero-order chi connectivity index (χ0) is 10.4. The lowest BCUT2D eigenvalue weighted by Gasteiger charge is -2.24. The van der Waals surface area contributed by atoms with Gasteiger partial charge in [0.1, 0.15) is 0 Å². The summed E-state index contributed by atoms with van der Waals surface area (Å²) in [6, 6.07) is 0.553. The number of aliphatic hydroxyl groups is 1. The summed E-state index contributed by atoms with van der Waals surface area (Å²) in [5, 5.41) is 12.9. The van der Waals surface area contributed by atoms with Gasteiger partial charge in [0.2, 0.25) is 0 Å². The number of aliphatic hydroxyl groups excluding tert-OH is 1. The van der Waals surface area contributed by atoms with Crippen molar-refractivity contribution in [3.63, 3.8) is 0 Å². The summed E-state index contributed by atoms with van der Waals surface area (Å²) < 4.78 is 0. The minimum atomic E-state index is 0.177. The van der Waals surface area contributed by atoms with Crippen LogP contribution in [0, 0.1) is 0 Å². The normalized spacial score (nSPS) is 21.8. The monoisotopic (exact) mass is 218 g/mol. The molecular weight excluding hydrogens is 200 g/mol. The first-order valence-corrected chi connectivity index (χ1v) is 5.50. The van der Waals surface area contributed by atoms with Crippen LogP contribution in [0.5, 0.6) is 0 Å². The maximum atomic E-state index is 8.89. The molecule has 0 radical (unpaired) electrons. The SMILES string of the molecule is C=C(Cl)CN(CCO)CC1CCCN1. The van der Waals surface area contributed by atoms with E-state index in [4.69, 9.17) is 16.7 Å². The minimum absolute atomic E-state index is 0.177. The van der Waals surface area contributed by atoms with E-state index in [2.05, 4.69) is 16.8 Å². The van der Waals surface area contributed by atoms with Crippen LogP contribution in [0.15, 0.2) is 11.6 Å². The van der Waals surface area contributed by atoms with Gasteiger partial charge >= 0.3 is 0 Å². The van der Waals surface area contributed by atoms with Gasteiger partial charge in [0, 0.05) is 30.7 Å². The van der Waals surface area contributed by atoms with E-state index in [-0.39, 0.29) is 6.61 Å². The third-order valence-corrected chi connectivity index (χ3v) is 2.57. The molecule has 14 heavy (non-hydrogen) atoms. The smallest absolute Gasteiger partial charge is 0.0558 e. The number of halogens is 1. The fraction of sp³-hybridized carbons (Fsp3) is 0.800. The Morgan fingerprint density at radius 2 is 2.43 bits per heavy atom. The van der Waals surface area contributed by atoms with Crippen LogP contribution in [0.2, 0.25) is 0 Å². The third kappa shape index (κ3) is 4.42. The predicted molar refractivity (Wildman–Crippen MR) is 59.5 cm³/mol. The molecule has 0 amide bonds. The Morgan fingerprint density at radius 1 is 1.64 bits per heavy atom. The molecule has 1 rings (SSSR count). The van der Waals surface area contributed by atoms with Crippen molar-refractivity contribution in [2.24, 2.45) is 0 Å². The highest BCUT2D eigenvalue weighted by molar-refractivity contribution is 6.29. The fourth-order valence-electron chi connectivity index (χ4n) is 1.84. The molecule has 1 atom stereocenters. The Balaban J connectivity index is 2.29. The van der Waals surface area contributed by atoms with E-state index >= 15 is 0 Å². The molecular formula is C10H19ClN2O. The molecule has 3 nitrogen and oxygen atoms in total. The van der Waals surface area contributed by atoms with Crippen LogP contribution in [-0.2, 0) is 0 Å². The Labute approximate surface area is 90.7 Å². The molecule has 1 fully saturated rings. The van der Waals surface area contributed by atoms with Crippen LogP contribution in [0.4, 0.5) is 0 Å². The average molecular weight is 219 g/mol. The van der Waals surface area contributed by atoms with Gasteiger partial charge in [0.15, 0.2) is 0 Å². The summed E-state index contributed by atoms with van der Waals surface area (Å²) in [5.41, 5.74) is 0. The van der Waals surface area contributed by atoms with Crippen molar-refractivity contribution in [2.45, 2.75) is 18.9 Å². The quantitative estimate of drug-likeness (QED) is 0.692.